The number of anilines is 1. The van der Waals surface area contributed by atoms with E-state index in [4.69, 9.17) is 9.15 Å². The van der Waals surface area contributed by atoms with Crippen molar-refractivity contribution in [1.29, 1.82) is 0 Å². The van der Waals surface area contributed by atoms with Gasteiger partial charge < -0.3 is 19.0 Å². The summed E-state index contributed by atoms with van der Waals surface area (Å²) in [4.78, 5) is 21.7. The molecule has 0 atom stereocenters. The summed E-state index contributed by atoms with van der Waals surface area (Å²) in [5.41, 5.74) is 1.93. The first-order valence-electron chi connectivity index (χ1n) is 11.9. The average Bonchev–Trinajstić information content (AvgIpc) is 3.59. The highest BCUT2D eigenvalue weighted by atomic mass is 32.2. The first-order valence-corrected chi connectivity index (χ1v) is 14.3. The number of carbonyl (C=O) groups excluding carboxylic acids is 1. The Morgan fingerprint density at radius 1 is 1.00 bits per heavy atom. The molecule has 1 saturated heterocycles. The Kier molecular flexibility index (Phi) is 7.03. The fraction of sp³-hybridized carbons (Fsp3) is 0.259. The van der Waals surface area contributed by atoms with E-state index in [9.17, 15) is 13.2 Å². The largest absolute Gasteiger partial charge is 0.484 e. The normalized spacial score (nSPS) is 14.1. The molecule has 1 fully saturated rings. The number of rotatable bonds is 7. The zero-order chi connectivity index (χ0) is 26.0. The number of sulfone groups is 1. The molecule has 0 saturated carbocycles. The van der Waals surface area contributed by atoms with E-state index in [1.807, 2.05) is 60.5 Å². The number of benzene rings is 2. The number of hydrogen-bond donors (Lipinski definition) is 0. The van der Waals surface area contributed by atoms with Crippen molar-refractivity contribution in [3.05, 3.63) is 77.2 Å². The van der Waals surface area contributed by atoms with Gasteiger partial charge in [0.2, 0.25) is 26.6 Å². The maximum absolute atomic E-state index is 13.6. The number of thiophene rings is 1. The lowest BCUT2D eigenvalue weighted by Gasteiger charge is -2.34. The quantitative estimate of drug-likeness (QED) is 0.341. The van der Waals surface area contributed by atoms with Crippen molar-refractivity contribution in [2.75, 3.05) is 37.7 Å². The monoisotopic (exact) mass is 537 g/mol. The third-order valence-corrected chi connectivity index (χ3v) is 8.79. The molecule has 0 bridgehead atoms. The van der Waals surface area contributed by atoms with Gasteiger partial charge in [0, 0.05) is 26.2 Å². The van der Waals surface area contributed by atoms with Gasteiger partial charge in [-0.05, 0) is 49.1 Å². The fourth-order valence-electron chi connectivity index (χ4n) is 4.12. The van der Waals surface area contributed by atoms with Crippen LogP contribution in [0.3, 0.4) is 0 Å². The highest BCUT2D eigenvalue weighted by molar-refractivity contribution is 7.91. The summed E-state index contributed by atoms with van der Waals surface area (Å²) in [5, 5.41) is 1.78. The van der Waals surface area contributed by atoms with Crippen LogP contribution >= 0.6 is 11.3 Å². The van der Waals surface area contributed by atoms with E-state index in [0.717, 1.165) is 16.0 Å². The second-order valence-corrected chi connectivity index (χ2v) is 11.7. The number of aromatic nitrogens is 1. The minimum absolute atomic E-state index is 0.0528. The molecule has 0 unspecified atom stereocenters. The highest BCUT2D eigenvalue weighted by Gasteiger charge is 2.33. The van der Waals surface area contributed by atoms with Crippen molar-refractivity contribution in [3.63, 3.8) is 0 Å². The fourth-order valence-corrected chi connectivity index (χ4v) is 6.09. The molecule has 0 aliphatic carbocycles. The molecule has 0 spiro atoms. The van der Waals surface area contributed by atoms with Crippen molar-refractivity contribution >= 4 is 33.0 Å². The van der Waals surface area contributed by atoms with E-state index in [2.05, 4.69) is 4.98 Å². The molecule has 8 nitrogen and oxygen atoms in total. The molecule has 2 aromatic heterocycles. The molecular weight excluding hydrogens is 510 g/mol. The molecule has 0 radical (unpaired) electrons. The molecule has 2 aromatic carbocycles. The van der Waals surface area contributed by atoms with E-state index >= 15 is 0 Å². The predicted molar refractivity (Wildman–Crippen MR) is 142 cm³/mol. The van der Waals surface area contributed by atoms with Crippen LogP contribution in [0.25, 0.3) is 10.8 Å². The van der Waals surface area contributed by atoms with Crippen LogP contribution in [0.2, 0.25) is 0 Å². The standard InChI is InChI=1S/C27H27N3O5S2/c1-19-9-11-21(12-10-19)37(32,33)26-27(35-25(28-26)23-8-5-17-36-23)30-15-13-29(14-16-30)24(31)18-34-22-7-4-3-6-20(22)2/h3-12,17H,13-16,18H2,1-2H3. The average molecular weight is 538 g/mol. The Balaban J connectivity index is 1.35. The Morgan fingerprint density at radius 3 is 2.41 bits per heavy atom. The molecule has 4 aromatic rings. The molecule has 3 heterocycles. The summed E-state index contributed by atoms with van der Waals surface area (Å²) in [5.74, 6) is 1.03. The van der Waals surface area contributed by atoms with Gasteiger partial charge in [-0.1, -0.05) is 42.0 Å². The molecule has 1 amide bonds. The number of carbonyl (C=O) groups is 1. The molecular formula is C27H27N3O5S2. The zero-order valence-corrected chi connectivity index (χ0v) is 22.2. The van der Waals surface area contributed by atoms with E-state index in [1.54, 1.807) is 29.2 Å². The van der Waals surface area contributed by atoms with Crippen LogP contribution in [0, 0.1) is 13.8 Å². The van der Waals surface area contributed by atoms with Crippen molar-refractivity contribution in [2.24, 2.45) is 0 Å². The van der Waals surface area contributed by atoms with Crippen LogP contribution in [-0.4, -0.2) is 57.0 Å². The number of aryl methyl sites for hydroxylation is 2. The predicted octanol–water partition coefficient (Wildman–Crippen LogP) is 4.58. The highest BCUT2D eigenvalue weighted by Crippen LogP contribution is 2.36. The smallest absolute Gasteiger partial charge is 0.260 e. The number of ether oxygens (including phenoxy) is 1. The van der Waals surface area contributed by atoms with Gasteiger partial charge in [-0.25, -0.2) is 8.42 Å². The van der Waals surface area contributed by atoms with Crippen molar-refractivity contribution in [1.82, 2.24) is 9.88 Å². The van der Waals surface area contributed by atoms with E-state index in [1.165, 1.54) is 11.3 Å². The van der Waals surface area contributed by atoms with Gasteiger partial charge in [-0.2, -0.15) is 4.98 Å². The number of para-hydroxylation sites is 1. The number of nitrogens with zero attached hydrogens (tertiary/aromatic N) is 3. The van der Waals surface area contributed by atoms with Crippen LogP contribution in [0.1, 0.15) is 11.1 Å². The third kappa shape index (κ3) is 5.26. The number of oxazole rings is 1. The van der Waals surface area contributed by atoms with Gasteiger partial charge in [0.15, 0.2) is 6.61 Å². The van der Waals surface area contributed by atoms with Gasteiger partial charge in [0.1, 0.15) is 5.75 Å². The molecule has 192 valence electrons. The van der Waals surface area contributed by atoms with Crippen molar-refractivity contribution in [3.8, 4) is 16.5 Å². The zero-order valence-electron chi connectivity index (χ0n) is 20.6. The summed E-state index contributed by atoms with van der Waals surface area (Å²) >= 11 is 1.43. The molecule has 10 heteroatoms. The number of amides is 1. The SMILES string of the molecule is Cc1ccc(S(=O)(=O)c2nc(-c3cccs3)oc2N2CCN(C(=O)COc3ccccc3C)CC2)cc1. The maximum atomic E-state index is 13.6. The van der Waals surface area contributed by atoms with Crippen LogP contribution < -0.4 is 9.64 Å². The molecule has 1 aliphatic rings. The van der Waals surface area contributed by atoms with Gasteiger partial charge in [0.05, 0.1) is 9.77 Å². The van der Waals surface area contributed by atoms with Crippen molar-refractivity contribution < 1.29 is 22.4 Å². The van der Waals surface area contributed by atoms with Crippen LogP contribution in [0.15, 0.2) is 80.4 Å². The summed E-state index contributed by atoms with van der Waals surface area (Å²) in [6.45, 7) is 5.42. The van der Waals surface area contributed by atoms with Gasteiger partial charge >= 0.3 is 0 Å². The first kappa shape index (κ1) is 25.0. The number of hydrogen-bond acceptors (Lipinski definition) is 8. The Hall–Kier alpha value is -3.63. The molecule has 1 aliphatic heterocycles. The summed E-state index contributed by atoms with van der Waals surface area (Å²) in [6, 6.07) is 18.0. The topological polar surface area (TPSA) is 93.0 Å². The Bertz CT molecular complexity index is 1490. The summed E-state index contributed by atoms with van der Waals surface area (Å²) in [7, 11) is -3.92. The van der Waals surface area contributed by atoms with Crippen molar-refractivity contribution in [2.45, 2.75) is 23.8 Å². The number of piperazine rings is 1. The second kappa shape index (κ2) is 10.4. The molecule has 5 rings (SSSR count). The van der Waals surface area contributed by atoms with E-state index in [0.29, 0.717) is 31.9 Å². The van der Waals surface area contributed by atoms with Crippen LogP contribution in [-0.2, 0) is 14.6 Å². The minimum atomic E-state index is -3.92. The Morgan fingerprint density at radius 2 is 1.73 bits per heavy atom. The molecule has 37 heavy (non-hydrogen) atoms. The van der Waals surface area contributed by atoms with Crippen LogP contribution in [0.4, 0.5) is 5.88 Å². The summed E-state index contributed by atoms with van der Waals surface area (Å²) in [6.07, 6.45) is 0. The molecule has 0 N–H and O–H groups in total. The van der Waals surface area contributed by atoms with E-state index in [-0.39, 0.29) is 34.2 Å². The lowest BCUT2D eigenvalue weighted by molar-refractivity contribution is -0.133. The second-order valence-electron chi connectivity index (χ2n) is 8.85. The minimum Gasteiger partial charge on any atom is -0.484 e. The third-order valence-electron chi connectivity index (χ3n) is 6.26. The first-order chi connectivity index (χ1) is 17.8. The Labute approximate surface area is 220 Å². The summed E-state index contributed by atoms with van der Waals surface area (Å²) < 4.78 is 38.9. The van der Waals surface area contributed by atoms with Gasteiger partial charge in [-0.3, -0.25) is 4.79 Å². The van der Waals surface area contributed by atoms with E-state index < -0.39 is 9.84 Å². The van der Waals surface area contributed by atoms with Gasteiger partial charge in [0.25, 0.3) is 5.91 Å². The lowest BCUT2D eigenvalue weighted by Crippen LogP contribution is -2.50. The van der Waals surface area contributed by atoms with Gasteiger partial charge in [-0.15, -0.1) is 11.3 Å². The lowest BCUT2D eigenvalue weighted by atomic mass is 10.2. The van der Waals surface area contributed by atoms with Crippen LogP contribution in [0.5, 0.6) is 5.75 Å². The maximum Gasteiger partial charge on any atom is 0.260 e.